The van der Waals surface area contributed by atoms with Crippen LogP contribution in [-0.4, -0.2) is 35.7 Å². The summed E-state index contributed by atoms with van der Waals surface area (Å²) in [6, 6.07) is 14.2. The van der Waals surface area contributed by atoms with E-state index in [0.29, 0.717) is 28.3 Å². The van der Waals surface area contributed by atoms with Crippen molar-refractivity contribution in [3.8, 4) is 17.0 Å². The third-order valence-corrected chi connectivity index (χ3v) is 6.60. The number of sulfone groups is 1. The average Bonchev–Trinajstić information content (AvgIpc) is 3.30. The number of nitrogens with zero attached hydrogens (tertiary/aromatic N) is 3. The lowest BCUT2D eigenvalue weighted by Crippen LogP contribution is -2.05. The first-order valence-electron chi connectivity index (χ1n) is 10.1. The lowest BCUT2D eigenvalue weighted by atomic mass is 9.94. The van der Waals surface area contributed by atoms with Crippen LogP contribution < -0.4 is 10.1 Å². The van der Waals surface area contributed by atoms with Crippen molar-refractivity contribution < 1.29 is 17.5 Å². The molecule has 0 aliphatic carbocycles. The highest BCUT2D eigenvalue weighted by atomic mass is 32.2. The van der Waals surface area contributed by atoms with Crippen molar-refractivity contribution in [2.75, 3.05) is 12.4 Å². The second kappa shape index (κ2) is 8.99. The Balaban J connectivity index is 1.79. The fourth-order valence-corrected chi connectivity index (χ4v) is 4.50. The molecule has 0 saturated carbocycles. The van der Waals surface area contributed by atoms with Crippen LogP contribution in [0.1, 0.15) is 25.3 Å². The van der Waals surface area contributed by atoms with Gasteiger partial charge in [0.1, 0.15) is 5.82 Å². The Bertz CT molecular complexity index is 1390. The number of hydrogen-bond acceptors (Lipinski definition) is 7. The van der Waals surface area contributed by atoms with Crippen LogP contribution in [0.15, 0.2) is 70.8 Å². The Morgan fingerprint density at radius 3 is 2.55 bits per heavy atom. The number of ether oxygens (including phenoxy) is 1. The van der Waals surface area contributed by atoms with Gasteiger partial charge in [-0.25, -0.2) is 22.9 Å². The fraction of sp³-hybridized carbons (Fsp3) is 0.174. The summed E-state index contributed by atoms with van der Waals surface area (Å²) in [5.74, 6) is -0.0299. The highest BCUT2D eigenvalue weighted by Crippen LogP contribution is 2.38. The van der Waals surface area contributed by atoms with Crippen molar-refractivity contribution in [2.24, 2.45) is 0 Å². The summed E-state index contributed by atoms with van der Waals surface area (Å²) in [6.45, 7) is 3.86. The number of H-pyrrole nitrogens is 1. The highest BCUT2D eigenvalue weighted by molar-refractivity contribution is 7.91. The van der Waals surface area contributed by atoms with Gasteiger partial charge in [0.05, 0.1) is 17.7 Å². The van der Waals surface area contributed by atoms with E-state index in [1.165, 1.54) is 31.4 Å². The van der Waals surface area contributed by atoms with Gasteiger partial charge in [0.25, 0.3) is 0 Å². The second-order valence-corrected chi connectivity index (χ2v) is 9.43. The number of aromatic amines is 1. The van der Waals surface area contributed by atoms with Gasteiger partial charge >= 0.3 is 0 Å². The predicted octanol–water partition coefficient (Wildman–Crippen LogP) is 4.71. The molecule has 10 heteroatoms. The average molecular weight is 468 g/mol. The maximum absolute atomic E-state index is 14.5. The van der Waals surface area contributed by atoms with E-state index in [0.717, 1.165) is 0 Å². The molecule has 0 amide bonds. The van der Waals surface area contributed by atoms with Gasteiger partial charge in [0.2, 0.25) is 26.8 Å². The Morgan fingerprint density at radius 1 is 1.09 bits per heavy atom. The molecule has 8 nitrogen and oxygen atoms in total. The lowest BCUT2D eigenvalue weighted by Gasteiger charge is -2.18. The van der Waals surface area contributed by atoms with Crippen LogP contribution >= 0.6 is 0 Å². The molecule has 2 aromatic heterocycles. The standard InChI is InChI=1S/C23H22FN5O3S/c1-14(2)18-12-16(24)13-19(15-9-10-25-20(11-15)32-3)21(18)26-22-27-23(29-28-22)33(30,31)17-7-5-4-6-8-17/h4-14H,1-3H3,(H2,26,27,28,29). The number of anilines is 2. The molecular weight excluding hydrogens is 445 g/mol. The van der Waals surface area contributed by atoms with E-state index in [2.05, 4.69) is 25.5 Å². The zero-order valence-electron chi connectivity index (χ0n) is 18.2. The van der Waals surface area contributed by atoms with Crippen molar-refractivity contribution in [3.63, 3.8) is 0 Å². The summed E-state index contributed by atoms with van der Waals surface area (Å²) in [4.78, 5) is 8.35. The van der Waals surface area contributed by atoms with E-state index in [9.17, 15) is 12.8 Å². The first-order valence-corrected chi connectivity index (χ1v) is 11.6. The SMILES string of the molecule is COc1cc(-c2cc(F)cc(C(C)C)c2Nc2n[nH]c(S(=O)(=O)c3ccccc3)n2)ccn1. The summed E-state index contributed by atoms with van der Waals surface area (Å²) in [5, 5.41) is 9.31. The van der Waals surface area contributed by atoms with E-state index in [-0.39, 0.29) is 21.9 Å². The Hall–Kier alpha value is -3.79. The first-order chi connectivity index (χ1) is 15.8. The lowest BCUT2D eigenvalue weighted by molar-refractivity contribution is 0.398. The van der Waals surface area contributed by atoms with Crippen molar-refractivity contribution in [3.05, 3.63) is 72.2 Å². The molecule has 0 spiro atoms. The molecule has 0 saturated heterocycles. The number of aromatic nitrogens is 4. The van der Waals surface area contributed by atoms with Gasteiger partial charge < -0.3 is 10.1 Å². The van der Waals surface area contributed by atoms with Gasteiger partial charge in [-0.15, -0.1) is 5.10 Å². The van der Waals surface area contributed by atoms with Gasteiger partial charge in [0, 0.05) is 17.8 Å². The molecule has 0 bridgehead atoms. The van der Waals surface area contributed by atoms with Crippen LogP contribution in [0.25, 0.3) is 11.1 Å². The molecule has 2 N–H and O–H groups in total. The van der Waals surface area contributed by atoms with Crippen molar-refractivity contribution in [1.29, 1.82) is 0 Å². The number of rotatable bonds is 7. The van der Waals surface area contributed by atoms with E-state index in [4.69, 9.17) is 4.74 Å². The monoisotopic (exact) mass is 467 g/mol. The highest BCUT2D eigenvalue weighted by Gasteiger charge is 2.23. The molecule has 4 rings (SSSR count). The van der Waals surface area contributed by atoms with Crippen molar-refractivity contribution in [2.45, 2.75) is 29.8 Å². The van der Waals surface area contributed by atoms with E-state index < -0.39 is 15.7 Å². The van der Waals surface area contributed by atoms with E-state index in [1.54, 1.807) is 36.5 Å². The summed E-state index contributed by atoms with van der Waals surface area (Å²) in [6.07, 6.45) is 1.56. The number of hydrogen-bond donors (Lipinski definition) is 2. The van der Waals surface area contributed by atoms with Crippen LogP contribution in [0.4, 0.5) is 16.0 Å². The quantitative estimate of drug-likeness (QED) is 0.405. The Labute approximate surface area is 190 Å². The summed E-state index contributed by atoms with van der Waals surface area (Å²) in [5.41, 5.74) is 2.44. The van der Waals surface area contributed by atoms with Crippen LogP contribution in [0, 0.1) is 5.82 Å². The molecule has 0 atom stereocenters. The van der Waals surface area contributed by atoms with Gasteiger partial charge in [-0.2, -0.15) is 4.98 Å². The molecule has 2 aromatic carbocycles. The number of halogens is 1. The fourth-order valence-electron chi connectivity index (χ4n) is 3.39. The van der Waals surface area contributed by atoms with Crippen LogP contribution in [-0.2, 0) is 9.84 Å². The molecule has 0 unspecified atom stereocenters. The third-order valence-electron chi connectivity index (χ3n) is 5.02. The first kappa shape index (κ1) is 22.4. The molecule has 33 heavy (non-hydrogen) atoms. The summed E-state index contributed by atoms with van der Waals surface area (Å²) in [7, 11) is -2.37. The maximum atomic E-state index is 14.5. The van der Waals surface area contributed by atoms with E-state index in [1.807, 2.05) is 13.8 Å². The Morgan fingerprint density at radius 2 is 1.85 bits per heavy atom. The van der Waals surface area contributed by atoms with Crippen molar-refractivity contribution in [1.82, 2.24) is 20.2 Å². The predicted molar refractivity (Wildman–Crippen MR) is 122 cm³/mol. The van der Waals surface area contributed by atoms with Gasteiger partial charge in [0.15, 0.2) is 0 Å². The summed E-state index contributed by atoms with van der Waals surface area (Å²) < 4.78 is 45.4. The number of nitrogens with one attached hydrogen (secondary N) is 2. The molecular formula is C23H22FN5O3S. The number of benzene rings is 2. The number of methoxy groups -OCH3 is 1. The molecule has 170 valence electrons. The molecule has 0 aliphatic rings. The van der Waals surface area contributed by atoms with E-state index >= 15 is 0 Å². The molecule has 2 heterocycles. The topological polar surface area (TPSA) is 110 Å². The minimum Gasteiger partial charge on any atom is -0.481 e. The second-order valence-electron chi connectivity index (χ2n) is 7.56. The molecule has 0 radical (unpaired) electrons. The van der Waals surface area contributed by atoms with Crippen LogP contribution in [0.5, 0.6) is 5.88 Å². The smallest absolute Gasteiger partial charge is 0.249 e. The number of pyridine rings is 1. The van der Waals surface area contributed by atoms with Gasteiger partial charge in [-0.1, -0.05) is 32.0 Å². The molecule has 0 fully saturated rings. The normalized spacial score (nSPS) is 11.5. The molecule has 4 aromatic rings. The maximum Gasteiger partial charge on any atom is 0.249 e. The van der Waals surface area contributed by atoms with Crippen LogP contribution in [0.2, 0.25) is 0 Å². The van der Waals surface area contributed by atoms with Crippen LogP contribution in [0.3, 0.4) is 0 Å². The minimum absolute atomic E-state index is 0.0419. The zero-order valence-corrected chi connectivity index (χ0v) is 19.0. The largest absolute Gasteiger partial charge is 0.481 e. The third kappa shape index (κ3) is 4.56. The van der Waals surface area contributed by atoms with Crippen molar-refractivity contribution >= 4 is 21.5 Å². The minimum atomic E-state index is -3.87. The van der Waals surface area contributed by atoms with Gasteiger partial charge in [-0.3, -0.25) is 0 Å². The molecule has 0 aliphatic heterocycles. The summed E-state index contributed by atoms with van der Waals surface area (Å²) >= 11 is 0. The Kier molecular flexibility index (Phi) is 6.10. The van der Waals surface area contributed by atoms with Gasteiger partial charge in [-0.05, 0) is 47.4 Å². The zero-order chi connectivity index (χ0) is 23.6.